The molecule has 0 spiro atoms. The van der Waals surface area contributed by atoms with Crippen LogP contribution in [0, 0.1) is 0 Å². The first-order valence-corrected chi connectivity index (χ1v) is 21.2. The molecule has 0 saturated carbocycles. The molecule has 10 aromatic rings. The predicted molar refractivity (Wildman–Crippen MR) is 251 cm³/mol. The number of nitrogens with zero attached hydrogens (tertiary/aromatic N) is 3. The number of hydrogen-bond acceptors (Lipinski definition) is 5. The number of ether oxygens (including phenoxy) is 2. The van der Waals surface area contributed by atoms with Crippen LogP contribution < -0.4 is 9.47 Å². The van der Waals surface area contributed by atoms with Gasteiger partial charge in [-0.2, -0.15) is 0 Å². The fourth-order valence-electron chi connectivity index (χ4n) is 9.37. The molecule has 5 heteroatoms. The third kappa shape index (κ3) is 6.13. The summed E-state index contributed by atoms with van der Waals surface area (Å²) in [7, 11) is 0. The molecule has 0 radical (unpaired) electrons. The second-order valence-electron chi connectivity index (χ2n) is 15.9. The molecule has 12 rings (SSSR count). The van der Waals surface area contributed by atoms with Gasteiger partial charge >= 0.3 is 0 Å². The standard InChI is InChI=1S/C58H37N3O2/c1-5-16-38(17-6-1)39-28-30-41(31-29-39)56-59-55(40-18-7-2-8-19-40)60-57(61-56)44-21-15-20-42(36-44)43-32-34-50-52(37-43)63-54-51(62-50)35-33-49-53(54)47-26-13-14-27-48(47)58(49,45-22-9-3-10-23-45)46-24-11-4-12-25-46/h1-37H. The zero-order chi connectivity index (χ0) is 41.7. The Balaban J connectivity index is 0.932. The third-order valence-electron chi connectivity index (χ3n) is 12.3. The zero-order valence-electron chi connectivity index (χ0n) is 34.0. The van der Waals surface area contributed by atoms with Crippen molar-refractivity contribution >= 4 is 0 Å². The van der Waals surface area contributed by atoms with Crippen LogP contribution in [-0.4, -0.2) is 15.0 Å². The number of fused-ring (bicyclic) bond motifs is 6. The Morgan fingerprint density at radius 2 is 0.778 bits per heavy atom. The van der Waals surface area contributed by atoms with E-state index >= 15 is 0 Å². The topological polar surface area (TPSA) is 57.1 Å². The van der Waals surface area contributed by atoms with Crippen LogP contribution in [0.4, 0.5) is 0 Å². The first-order chi connectivity index (χ1) is 31.2. The summed E-state index contributed by atoms with van der Waals surface area (Å²) in [5.41, 5.74) is 13.4. The van der Waals surface area contributed by atoms with E-state index in [0.29, 0.717) is 34.7 Å². The van der Waals surface area contributed by atoms with E-state index in [1.54, 1.807) is 0 Å². The molecule has 0 N–H and O–H groups in total. The molecule has 0 unspecified atom stereocenters. The quantitative estimate of drug-likeness (QED) is 0.161. The molecule has 0 atom stereocenters. The maximum Gasteiger partial charge on any atom is 0.178 e. The molecule has 0 saturated heterocycles. The maximum absolute atomic E-state index is 7.03. The molecule has 1 aromatic heterocycles. The van der Waals surface area contributed by atoms with Crippen molar-refractivity contribution in [3.05, 3.63) is 247 Å². The second kappa shape index (κ2) is 14.9. The Labute approximate surface area is 365 Å². The molecule has 1 aliphatic heterocycles. The molecule has 1 aliphatic carbocycles. The molecule has 0 bridgehead atoms. The molecular weight excluding hydrogens is 771 g/mol. The van der Waals surface area contributed by atoms with Gasteiger partial charge in [-0.05, 0) is 74.3 Å². The van der Waals surface area contributed by atoms with Crippen LogP contribution in [0.1, 0.15) is 22.3 Å². The summed E-state index contributed by atoms with van der Waals surface area (Å²) >= 11 is 0. The summed E-state index contributed by atoms with van der Waals surface area (Å²) in [4.78, 5) is 15.1. The van der Waals surface area contributed by atoms with Gasteiger partial charge in [0.25, 0.3) is 0 Å². The summed E-state index contributed by atoms with van der Waals surface area (Å²) < 4.78 is 13.7. The fourth-order valence-corrected chi connectivity index (χ4v) is 9.37. The Bertz CT molecular complexity index is 3280. The molecule has 2 heterocycles. The minimum Gasteiger partial charge on any atom is -0.449 e. The maximum atomic E-state index is 7.03. The smallest absolute Gasteiger partial charge is 0.178 e. The lowest BCUT2D eigenvalue weighted by Gasteiger charge is -2.34. The monoisotopic (exact) mass is 807 g/mol. The molecule has 5 nitrogen and oxygen atoms in total. The van der Waals surface area contributed by atoms with Crippen molar-refractivity contribution < 1.29 is 9.47 Å². The molecular formula is C58H37N3O2. The van der Waals surface area contributed by atoms with Crippen molar-refractivity contribution in [3.63, 3.8) is 0 Å². The van der Waals surface area contributed by atoms with Gasteiger partial charge in [0.15, 0.2) is 40.5 Å². The van der Waals surface area contributed by atoms with Gasteiger partial charge in [-0.15, -0.1) is 0 Å². The third-order valence-corrected chi connectivity index (χ3v) is 12.3. The highest BCUT2D eigenvalue weighted by molar-refractivity contribution is 5.92. The summed E-state index contributed by atoms with van der Waals surface area (Å²) in [5, 5.41) is 0. The van der Waals surface area contributed by atoms with Gasteiger partial charge in [0.05, 0.1) is 5.41 Å². The molecule has 2 aliphatic rings. The van der Waals surface area contributed by atoms with E-state index in [4.69, 9.17) is 24.4 Å². The molecule has 0 amide bonds. The van der Waals surface area contributed by atoms with Crippen molar-refractivity contribution in [2.24, 2.45) is 0 Å². The van der Waals surface area contributed by atoms with Crippen molar-refractivity contribution in [2.45, 2.75) is 5.41 Å². The largest absolute Gasteiger partial charge is 0.449 e. The van der Waals surface area contributed by atoms with Crippen molar-refractivity contribution in [3.8, 4) is 90.5 Å². The Morgan fingerprint density at radius 3 is 1.46 bits per heavy atom. The Morgan fingerprint density at radius 1 is 0.302 bits per heavy atom. The minimum absolute atomic E-state index is 0.545. The lowest BCUT2D eigenvalue weighted by atomic mass is 9.68. The molecule has 9 aromatic carbocycles. The van der Waals surface area contributed by atoms with Crippen molar-refractivity contribution in [2.75, 3.05) is 0 Å². The van der Waals surface area contributed by atoms with Crippen LogP contribution in [0.15, 0.2) is 224 Å². The van der Waals surface area contributed by atoms with Gasteiger partial charge in [0.2, 0.25) is 0 Å². The number of hydrogen-bond donors (Lipinski definition) is 0. The van der Waals surface area contributed by atoms with Crippen molar-refractivity contribution in [1.29, 1.82) is 0 Å². The summed E-state index contributed by atoms with van der Waals surface area (Å²) in [5.74, 6) is 4.55. The van der Waals surface area contributed by atoms with E-state index in [1.807, 2.05) is 48.5 Å². The van der Waals surface area contributed by atoms with Crippen LogP contribution in [0.2, 0.25) is 0 Å². The predicted octanol–water partition coefficient (Wildman–Crippen LogP) is 14.5. The van der Waals surface area contributed by atoms with E-state index in [-0.39, 0.29) is 0 Å². The van der Waals surface area contributed by atoms with E-state index in [2.05, 4.69) is 176 Å². The summed E-state index contributed by atoms with van der Waals surface area (Å²) in [6.45, 7) is 0. The van der Waals surface area contributed by atoms with Gasteiger partial charge in [-0.3, -0.25) is 0 Å². The van der Waals surface area contributed by atoms with Gasteiger partial charge < -0.3 is 9.47 Å². The van der Waals surface area contributed by atoms with Crippen LogP contribution in [0.25, 0.3) is 67.5 Å². The van der Waals surface area contributed by atoms with Gasteiger partial charge in [0, 0.05) is 22.3 Å². The Hall–Kier alpha value is -8.41. The van der Waals surface area contributed by atoms with E-state index in [1.165, 1.54) is 16.7 Å². The first-order valence-electron chi connectivity index (χ1n) is 21.2. The van der Waals surface area contributed by atoms with Crippen LogP contribution in [-0.2, 0) is 5.41 Å². The van der Waals surface area contributed by atoms with Crippen LogP contribution in [0.5, 0.6) is 23.0 Å². The van der Waals surface area contributed by atoms with Crippen molar-refractivity contribution in [1.82, 2.24) is 15.0 Å². The van der Waals surface area contributed by atoms with Gasteiger partial charge in [0.1, 0.15) is 0 Å². The van der Waals surface area contributed by atoms with E-state index in [0.717, 1.165) is 61.4 Å². The SMILES string of the molecule is c1ccc(-c2ccc(-c3nc(-c4ccccc4)nc(-c4cccc(-c5ccc6c(c5)Oc5c(ccc7c5-c5ccccc5C7(c5ccccc5)c5ccccc5)O6)c4)n3)cc2)cc1. The highest BCUT2D eigenvalue weighted by atomic mass is 16.6. The van der Waals surface area contributed by atoms with E-state index < -0.39 is 5.41 Å². The average Bonchev–Trinajstić information content (AvgIpc) is 3.68. The zero-order valence-corrected chi connectivity index (χ0v) is 34.0. The number of aromatic nitrogens is 3. The number of rotatable bonds is 7. The minimum atomic E-state index is -0.545. The lowest BCUT2D eigenvalue weighted by Crippen LogP contribution is -2.28. The summed E-state index contributed by atoms with van der Waals surface area (Å²) in [6.07, 6.45) is 0. The fraction of sp³-hybridized carbons (Fsp3) is 0.0172. The normalized spacial score (nSPS) is 12.8. The summed E-state index contributed by atoms with van der Waals surface area (Å²) in [6, 6.07) is 77.9. The second-order valence-corrected chi connectivity index (χ2v) is 15.9. The van der Waals surface area contributed by atoms with Gasteiger partial charge in [-0.25, -0.2) is 15.0 Å². The highest BCUT2D eigenvalue weighted by Gasteiger charge is 2.48. The van der Waals surface area contributed by atoms with Gasteiger partial charge in [-0.1, -0.05) is 200 Å². The van der Waals surface area contributed by atoms with Crippen LogP contribution >= 0.6 is 0 Å². The lowest BCUT2D eigenvalue weighted by molar-refractivity contribution is 0.360. The highest BCUT2D eigenvalue weighted by Crippen LogP contribution is 2.62. The van der Waals surface area contributed by atoms with Crippen LogP contribution in [0.3, 0.4) is 0 Å². The molecule has 296 valence electrons. The first kappa shape index (κ1) is 36.4. The van der Waals surface area contributed by atoms with E-state index in [9.17, 15) is 0 Å². The molecule has 63 heavy (non-hydrogen) atoms. The Kier molecular flexibility index (Phi) is 8.64. The number of benzene rings is 9. The molecule has 0 fully saturated rings. The average molecular weight is 808 g/mol.